The number of unbranched alkanes of at least 4 members (excludes halogenated alkanes) is 13. The van der Waals surface area contributed by atoms with Crippen molar-refractivity contribution in [2.24, 2.45) is 0 Å². The van der Waals surface area contributed by atoms with Crippen LogP contribution in [0.25, 0.3) is 0 Å². The molecule has 1 atom stereocenters. The molecule has 0 heterocycles. The van der Waals surface area contributed by atoms with Gasteiger partial charge in [-0.25, -0.2) is 14.4 Å². The van der Waals surface area contributed by atoms with Crippen LogP contribution >= 0.6 is 0 Å². The summed E-state index contributed by atoms with van der Waals surface area (Å²) in [7, 11) is 0. The van der Waals surface area contributed by atoms with Gasteiger partial charge in [-0.1, -0.05) is 104 Å². The van der Waals surface area contributed by atoms with Crippen LogP contribution in [0.15, 0.2) is 24.8 Å². The molecule has 0 aromatic carbocycles. The van der Waals surface area contributed by atoms with E-state index in [1.165, 1.54) is 77.6 Å². The van der Waals surface area contributed by atoms with Crippen LogP contribution in [0.2, 0.25) is 0 Å². The summed E-state index contributed by atoms with van der Waals surface area (Å²) in [6.45, 7) is 10.5. The van der Waals surface area contributed by atoms with Crippen molar-refractivity contribution in [2.75, 3.05) is 0 Å². The first-order chi connectivity index (χ1) is 14.4. The van der Waals surface area contributed by atoms with E-state index in [4.69, 9.17) is 9.47 Å². The monoisotopic (exact) mass is 422 g/mol. The Hall–Kier alpha value is -1.91. The third kappa shape index (κ3) is 15.9. The average molecular weight is 423 g/mol. The van der Waals surface area contributed by atoms with Crippen molar-refractivity contribution in [3.05, 3.63) is 24.8 Å². The topological polar surface area (TPSA) is 69.7 Å². The SMILES string of the molecule is C=CC(=O)OC(CCCCCCCCCCCCCCCC)C(=O)OC(=O)C(=C)C. The lowest BCUT2D eigenvalue weighted by Gasteiger charge is -2.15. The van der Waals surface area contributed by atoms with Gasteiger partial charge in [0.05, 0.1) is 0 Å². The van der Waals surface area contributed by atoms with Gasteiger partial charge in [0.25, 0.3) is 0 Å². The second-order valence-electron chi connectivity index (χ2n) is 8.00. The van der Waals surface area contributed by atoms with Crippen LogP contribution in [0.1, 0.15) is 110 Å². The number of hydrogen-bond donors (Lipinski definition) is 0. The fourth-order valence-electron chi connectivity index (χ4n) is 3.18. The maximum atomic E-state index is 12.1. The molecule has 0 fully saturated rings. The zero-order valence-electron chi connectivity index (χ0n) is 19.2. The summed E-state index contributed by atoms with van der Waals surface area (Å²) >= 11 is 0. The minimum absolute atomic E-state index is 0.119. The van der Waals surface area contributed by atoms with E-state index in [1.807, 2.05) is 0 Å². The third-order valence-electron chi connectivity index (χ3n) is 5.05. The Bertz CT molecular complexity index is 524. The molecule has 0 spiro atoms. The molecule has 0 bridgehead atoms. The highest BCUT2D eigenvalue weighted by molar-refractivity contribution is 5.97. The maximum Gasteiger partial charge on any atom is 0.355 e. The van der Waals surface area contributed by atoms with Crippen molar-refractivity contribution in [3.63, 3.8) is 0 Å². The zero-order valence-corrected chi connectivity index (χ0v) is 19.2. The molecule has 0 aliphatic rings. The fourth-order valence-corrected chi connectivity index (χ4v) is 3.18. The van der Waals surface area contributed by atoms with Crippen molar-refractivity contribution < 1.29 is 23.9 Å². The molecular formula is C25H42O5. The van der Waals surface area contributed by atoms with Crippen molar-refractivity contribution in [3.8, 4) is 0 Å². The Kier molecular flexibility index (Phi) is 17.9. The summed E-state index contributed by atoms with van der Waals surface area (Å²) in [5, 5.41) is 0. The molecule has 0 radical (unpaired) electrons. The van der Waals surface area contributed by atoms with E-state index in [1.54, 1.807) is 0 Å². The first-order valence-electron chi connectivity index (χ1n) is 11.7. The van der Waals surface area contributed by atoms with Crippen LogP contribution in [0.5, 0.6) is 0 Å². The summed E-state index contributed by atoms with van der Waals surface area (Å²) in [6, 6.07) is 0. The Balaban J connectivity index is 3.86. The van der Waals surface area contributed by atoms with Gasteiger partial charge < -0.3 is 9.47 Å². The van der Waals surface area contributed by atoms with Gasteiger partial charge in [0.15, 0.2) is 6.10 Å². The highest BCUT2D eigenvalue weighted by Gasteiger charge is 2.25. The normalized spacial score (nSPS) is 11.5. The second-order valence-corrected chi connectivity index (χ2v) is 8.00. The van der Waals surface area contributed by atoms with Gasteiger partial charge in [-0.15, -0.1) is 0 Å². The Labute approximate surface area is 183 Å². The number of esters is 3. The number of ether oxygens (including phenoxy) is 2. The molecule has 0 saturated carbocycles. The van der Waals surface area contributed by atoms with Crippen LogP contribution in [-0.4, -0.2) is 24.0 Å². The van der Waals surface area contributed by atoms with Crippen LogP contribution in [0.4, 0.5) is 0 Å². The van der Waals surface area contributed by atoms with E-state index >= 15 is 0 Å². The van der Waals surface area contributed by atoms with Crippen LogP contribution in [0, 0.1) is 0 Å². The first-order valence-corrected chi connectivity index (χ1v) is 11.7. The van der Waals surface area contributed by atoms with Gasteiger partial charge in [-0.2, -0.15) is 0 Å². The Morgan fingerprint density at radius 1 is 0.800 bits per heavy atom. The lowest BCUT2D eigenvalue weighted by atomic mass is 10.0. The summed E-state index contributed by atoms with van der Waals surface area (Å²) < 4.78 is 9.74. The molecule has 0 aromatic rings. The lowest BCUT2D eigenvalue weighted by molar-refractivity contribution is -0.171. The van der Waals surface area contributed by atoms with Crippen molar-refractivity contribution >= 4 is 17.9 Å². The fraction of sp³-hybridized carbons (Fsp3) is 0.720. The molecule has 0 amide bonds. The summed E-state index contributed by atoms with van der Waals surface area (Å²) in [5.74, 6) is -2.36. The quantitative estimate of drug-likeness (QED) is 0.101. The van der Waals surface area contributed by atoms with Gasteiger partial charge in [-0.05, 0) is 19.8 Å². The molecule has 0 saturated heterocycles. The second kappa shape index (κ2) is 19.1. The first kappa shape index (κ1) is 28.1. The van der Waals surface area contributed by atoms with E-state index in [0.29, 0.717) is 6.42 Å². The molecule has 5 nitrogen and oxygen atoms in total. The predicted molar refractivity (Wildman–Crippen MR) is 121 cm³/mol. The number of carbonyl (C=O) groups excluding carboxylic acids is 3. The minimum atomic E-state index is -1.09. The van der Waals surface area contributed by atoms with Gasteiger partial charge in [0.2, 0.25) is 0 Å². The summed E-state index contributed by atoms with van der Waals surface area (Å²) in [5.41, 5.74) is 0.119. The van der Waals surface area contributed by atoms with Gasteiger partial charge in [-0.3, -0.25) is 0 Å². The third-order valence-corrected chi connectivity index (χ3v) is 5.05. The molecule has 0 aliphatic heterocycles. The Morgan fingerprint density at radius 2 is 1.23 bits per heavy atom. The van der Waals surface area contributed by atoms with Crippen LogP contribution in [0.3, 0.4) is 0 Å². The van der Waals surface area contributed by atoms with Crippen LogP contribution < -0.4 is 0 Å². The van der Waals surface area contributed by atoms with Crippen molar-refractivity contribution in [1.82, 2.24) is 0 Å². The number of rotatable bonds is 19. The van der Waals surface area contributed by atoms with E-state index in [9.17, 15) is 14.4 Å². The molecule has 5 heteroatoms. The van der Waals surface area contributed by atoms with E-state index in [0.717, 1.165) is 25.3 Å². The predicted octanol–water partition coefficient (Wildman–Crippen LogP) is 6.60. The molecule has 1 unspecified atom stereocenters. The standard InChI is InChI=1S/C25H42O5/c1-5-7-8-9-10-11-12-13-14-15-16-17-18-19-20-22(29-23(26)6-2)25(28)30-24(27)21(3)4/h6,22H,2-3,5,7-20H2,1,4H3. The summed E-state index contributed by atoms with van der Waals surface area (Å²) in [6.07, 6.45) is 17.5. The molecule has 30 heavy (non-hydrogen) atoms. The van der Waals surface area contributed by atoms with Gasteiger partial charge >= 0.3 is 17.9 Å². The zero-order chi connectivity index (χ0) is 22.6. The number of hydrogen-bond acceptors (Lipinski definition) is 5. The van der Waals surface area contributed by atoms with Crippen LogP contribution in [-0.2, 0) is 23.9 Å². The summed E-state index contributed by atoms with van der Waals surface area (Å²) in [4.78, 5) is 35.0. The smallest absolute Gasteiger partial charge is 0.355 e. The highest BCUT2D eigenvalue weighted by Crippen LogP contribution is 2.15. The highest BCUT2D eigenvalue weighted by atomic mass is 16.6. The van der Waals surface area contributed by atoms with Crippen molar-refractivity contribution in [1.29, 1.82) is 0 Å². The molecule has 0 N–H and O–H groups in total. The largest absolute Gasteiger partial charge is 0.447 e. The minimum Gasteiger partial charge on any atom is -0.447 e. The number of carbonyl (C=O) groups is 3. The maximum absolute atomic E-state index is 12.1. The Morgan fingerprint density at radius 3 is 1.63 bits per heavy atom. The van der Waals surface area contributed by atoms with E-state index in [-0.39, 0.29) is 5.57 Å². The molecule has 172 valence electrons. The molecule has 0 rings (SSSR count). The lowest BCUT2D eigenvalue weighted by Crippen LogP contribution is -2.30. The van der Waals surface area contributed by atoms with E-state index < -0.39 is 24.0 Å². The molecular weight excluding hydrogens is 380 g/mol. The van der Waals surface area contributed by atoms with E-state index in [2.05, 4.69) is 20.1 Å². The van der Waals surface area contributed by atoms with Gasteiger partial charge in [0, 0.05) is 11.6 Å². The van der Waals surface area contributed by atoms with Gasteiger partial charge in [0.1, 0.15) is 0 Å². The van der Waals surface area contributed by atoms with Crippen molar-refractivity contribution in [2.45, 2.75) is 116 Å². The molecule has 0 aliphatic carbocycles. The average Bonchev–Trinajstić information content (AvgIpc) is 2.72. The molecule has 0 aromatic heterocycles.